The molecule has 0 bridgehead atoms. The lowest BCUT2D eigenvalue weighted by Gasteiger charge is -2.11. The molecule has 0 aliphatic heterocycles. The molecule has 0 aliphatic carbocycles. The molecular formula is C17H18NO2. The molecule has 2 aromatic carbocycles. The highest BCUT2D eigenvalue weighted by molar-refractivity contribution is 5.97. The van der Waals surface area contributed by atoms with Crippen molar-refractivity contribution in [2.24, 2.45) is 0 Å². The first-order valence-electron chi connectivity index (χ1n) is 6.53. The van der Waals surface area contributed by atoms with Crippen LogP contribution in [0.15, 0.2) is 48.5 Å². The summed E-state index contributed by atoms with van der Waals surface area (Å²) in [5.41, 5.74) is 2.67. The normalized spacial score (nSPS) is 10.1. The van der Waals surface area contributed by atoms with Crippen molar-refractivity contribution in [3.05, 3.63) is 66.6 Å². The number of methoxy groups -OCH3 is 1. The summed E-state index contributed by atoms with van der Waals surface area (Å²) in [6.07, 6.45) is 0.274. The highest BCUT2D eigenvalue weighted by atomic mass is 16.5. The number of nitrogens with one attached hydrogen (secondary N) is 1. The van der Waals surface area contributed by atoms with E-state index < -0.39 is 0 Å². The van der Waals surface area contributed by atoms with Crippen LogP contribution in [0.2, 0.25) is 0 Å². The average Bonchev–Trinajstić information content (AvgIpc) is 2.52. The Hall–Kier alpha value is -2.29. The van der Waals surface area contributed by atoms with E-state index in [9.17, 15) is 4.79 Å². The van der Waals surface area contributed by atoms with Crippen molar-refractivity contribution in [2.75, 3.05) is 12.4 Å². The number of ether oxygens (including phenoxy) is 1. The Balaban J connectivity index is 2.09. The van der Waals surface area contributed by atoms with Crippen molar-refractivity contribution in [2.45, 2.75) is 13.0 Å². The van der Waals surface area contributed by atoms with Crippen molar-refractivity contribution in [3.63, 3.8) is 0 Å². The summed E-state index contributed by atoms with van der Waals surface area (Å²) in [4.78, 5) is 11.6. The van der Waals surface area contributed by atoms with E-state index in [4.69, 9.17) is 4.74 Å². The molecular weight excluding hydrogens is 250 g/mol. The predicted molar refractivity (Wildman–Crippen MR) is 81.1 cm³/mol. The summed E-state index contributed by atoms with van der Waals surface area (Å²) < 4.78 is 5.31. The Bertz CT molecular complexity index is 593. The molecule has 0 fully saturated rings. The Labute approximate surface area is 119 Å². The van der Waals surface area contributed by atoms with Crippen LogP contribution in [-0.2, 0) is 6.54 Å². The van der Waals surface area contributed by atoms with Crippen molar-refractivity contribution in [3.8, 4) is 5.75 Å². The van der Waals surface area contributed by atoms with Crippen LogP contribution in [0.4, 0.5) is 5.69 Å². The zero-order chi connectivity index (χ0) is 14.4. The largest absolute Gasteiger partial charge is 0.496 e. The fraction of sp³-hybridized carbons (Fsp3) is 0.176. The van der Waals surface area contributed by atoms with Crippen LogP contribution in [0.3, 0.4) is 0 Å². The van der Waals surface area contributed by atoms with Crippen LogP contribution in [0.25, 0.3) is 0 Å². The number of rotatable bonds is 6. The molecule has 0 heterocycles. The third-order valence-electron chi connectivity index (χ3n) is 3.09. The quantitative estimate of drug-likeness (QED) is 0.811. The number of hydrogen-bond acceptors (Lipinski definition) is 3. The van der Waals surface area contributed by atoms with E-state index in [2.05, 4.69) is 12.2 Å². The van der Waals surface area contributed by atoms with E-state index in [1.807, 2.05) is 48.5 Å². The summed E-state index contributed by atoms with van der Waals surface area (Å²) in [7, 11) is 1.66. The van der Waals surface area contributed by atoms with E-state index in [1.165, 1.54) is 0 Å². The number of ketones is 1. The molecule has 1 radical (unpaired) electrons. The van der Waals surface area contributed by atoms with Gasteiger partial charge in [-0.05, 0) is 25.1 Å². The van der Waals surface area contributed by atoms with E-state index >= 15 is 0 Å². The number of benzene rings is 2. The fourth-order valence-electron chi connectivity index (χ4n) is 1.99. The summed E-state index contributed by atoms with van der Waals surface area (Å²) >= 11 is 0. The van der Waals surface area contributed by atoms with Gasteiger partial charge in [-0.25, -0.2) is 0 Å². The molecule has 0 saturated heterocycles. The van der Waals surface area contributed by atoms with Crippen LogP contribution in [0.1, 0.15) is 22.3 Å². The smallest absolute Gasteiger partial charge is 0.162 e. The number of anilines is 1. The zero-order valence-electron chi connectivity index (χ0n) is 11.6. The standard InChI is InChI=1S/C17H18NO2/c1-3-16(19)13-8-6-9-15(11-13)18-12-14-7-4-5-10-17(14)20-2/h4-11,18H,1,3,12H2,2H3. The minimum absolute atomic E-state index is 0.0472. The van der Waals surface area contributed by atoms with Gasteiger partial charge >= 0.3 is 0 Å². The van der Waals surface area contributed by atoms with Crippen LogP contribution in [0.5, 0.6) is 5.75 Å². The molecule has 0 amide bonds. The molecule has 3 nitrogen and oxygen atoms in total. The maximum absolute atomic E-state index is 11.6. The molecule has 2 rings (SSSR count). The number of carbonyl (C=O) groups excluding carboxylic acids is 1. The van der Waals surface area contributed by atoms with Crippen molar-refractivity contribution < 1.29 is 9.53 Å². The van der Waals surface area contributed by atoms with Gasteiger partial charge in [0.15, 0.2) is 5.78 Å². The average molecular weight is 268 g/mol. The van der Waals surface area contributed by atoms with E-state index in [-0.39, 0.29) is 12.2 Å². The van der Waals surface area contributed by atoms with Gasteiger partial charge in [-0.3, -0.25) is 4.79 Å². The van der Waals surface area contributed by atoms with E-state index in [1.54, 1.807) is 7.11 Å². The lowest BCUT2D eigenvalue weighted by atomic mass is 10.1. The lowest BCUT2D eigenvalue weighted by Crippen LogP contribution is -2.03. The van der Waals surface area contributed by atoms with Crippen LogP contribution in [-0.4, -0.2) is 12.9 Å². The summed E-state index contributed by atoms with van der Waals surface area (Å²) in [5, 5.41) is 3.30. The van der Waals surface area contributed by atoms with E-state index in [0.717, 1.165) is 17.0 Å². The molecule has 2 aromatic rings. The zero-order valence-corrected chi connectivity index (χ0v) is 11.6. The van der Waals surface area contributed by atoms with Gasteiger partial charge in [0, 0.05) is 29.8 Å². The first-order valence-corrected chi connectivity index (χ1v) is 6.53. The minimum atomic E-state index is 0.0472. The molecule has 0 atom stereocenters. The predicted octanol–water partition coefficient (Wildman–Crippen LogP) is 3.71. The fourth-order valence-corrected chi connectivity index (χ4v) is 1.99. The Kier molecular flexibility index (Phi) is 4.77. The number of hydrogen-bond donors (Lipinski definition) is 1. The molecule has 0 unspecified atom stereocenters. The first kappa shape index (κ1) is 14.1. The molecule has 3 heteroatoms. The molecule has 20 heavy (non-hydrogen) atoms. The highest BCUT2D eigenvalue weighted by Crippen LogP contribution is 2.19. The van der Waals surface area contributed by atoms with E-state index in [0.29, 0.717) is 12.1 Å². The van der Waals surface area contributed by atoms with Gasteiger partial charge in [0.1, 0.15) is 5.75 Å². The van der Waals surface area contributed by atoms with Crippen LogP contribution >= 0.6 is 0 Å². The first-order chi connectivity index (χ1) is 9.74. The summed E-state index contributed by atoms with van der Waals surface area (Å²) in [6, 6.07) is 15.3. The van der Waals surface area contributed by atoms with Gasteiger partial charge in [0.2, 0.25) is 0 Å². The van der Waals surface area contributed by atoms with Gasteiger partial charge in [-0.15, -0.1) is 0 Å². The maximum Gasteiger partial charge on any atom is 0.162 e. The van der Waals surface area contributed by atoms with Crippen LogP contribution in [0, 0.1) is 6.92 Å². The summed E-state index contributed by atoms with van der Waals surface area (Å²) in [6.45, 7) is 4.27. The molecule has 0 spiro atoms. The Morgan fingerprint density at radius 3 is 2.75 bits per heavy atom. The van der Waals surface area contributed by atoms with Gasteiger partial charge in [0.25, 0.3) is 0 Å². The van der Waals surface area contributed by atoms with Crippen molar-refractivity contribution >= 4 is 11.5 Å². The minimum Gasteiger partial charge on any atom is -0.496 e. The summed E-state index contributed by atoms with van der Waals surface area (Å²) in [5.74, 6) is 0.899. The van der Waals surface area contributed by atoms with Crippen molar-refractivity contribution in [1.82, 2.24) is 0 Å². The van der Waals surface area contributed by atoms with Crippen LogP contribution < -0.4 is 10.1 Å². The lowest BCUT2D eigenvalue weighted by molar-refractivity contribution is 0.0995. The third-order valence-corrected chi connectivity index (χ3v) is 3.09. The van der Waals surface area contributed by atoms with Gasteiger partial charge in [-0.1, -0.05) is 30.3 Å². The second-order valence-electron chi connectivity index (χ2n) is 4.42. The van der Waals surface area contributed by atoms with Gasteiger partial charge in [-0.2, -0.15) is 0 Å². The second kappa shape index (κ2) is 6.75. The van der Waals surface area contributed by atoms with Gasteiger partial charge < -0.3 is 10.1 Å². The monoisotopic (exact) mass is 268 g/mol. The number of para-hydroxylation sites is 1. The topological polar surface area (TPSA) is 38.3 Å². The third kappa shape index (κ3) is 3.38. The SMILES string of the molecule is [CH2]CC(=O)c1cccc(NCc2ccccc2OC)c1. The molecule has 0 saturated carbocycles. The maximum atomic E-state index is 11.6. The Morgan fingerprint density at radius 2 is 2.00 bits per heavy atom. The molecule has 0 aromatic heterocycles. The van der Waals surface area contributed by atoms with Gasteiger partial charge in [0.05, 0.1) is 7.11 Å². The molecule has 1 N–H and O–H groups in total. The number of Topliss-reactive ketones (excluding diaryl/α,β-unsaturated/α-hetero) is 1. The van der Waals surface area contributed by atoms with Crippen molar-refractivity contribution in [1.29, 1.82) is 0 Å². The number of carbonyl (C=O) groups is 1. The second-order valence-corrected chi connectivity index (χ2v) is 4.42. The Morgan fingerprint density at radius 1 is 1.20 bits per heavy atom. The molecule has 103 valence electrons. The molecule has 0 aliphatic rings. The highest BCUT2D eigenvalue weighted by Gasteiger charge is 2.05.